The molecule has 162 valence electrons. The Morgan fingerprint density at radius 2 is 1.73 bits per heavy atom. The van der Waals surface area contributed by atoms with Crippen LogP contribution < -0.4 is 11.1 Å². The summed E-state index contributed by atoms with van der Waals surface area (Å²) in [6.07, 6.45) is 6.43. The molecule has 2 aliphatic rings. The van der Waals surface area contributed by atoms with E-state index >= 15 is 0 Å². The van der Waals surface area contributed by atoms with E-state index < -0.39 is 0 Å². The van der Waals surface area contributed by atoms with E-state index in [0.717, 1.165) is 56.6 Å². The SMILES string of the molecule is I.NC(=NCc1ccc(CN2CCC(O)CC2)cc1)Nc1cccc2c1CCCC2. The van der Waals surface area contributed by atoms with Gasteiger partial charge in [0.25, 0.3) is 0 Å². The van der Waals surface area contributed by atoms with Crippen LogP contribution in [0, 0.1) is 0 Å². The minimum Gasteiger partial charge on any atom is -0.393 e. The number of fused-ring (bicyclic) bond motifs is 1. The molecule has 2 aromatic rings. The van der Waals surface area contributed by atoms with Gasteiger partial charge in [-0.2, -0.15) is 0 Å². The highest BCUT2D eigenvalue weighted by Crippen LogP contribution is 2.27. The van der Waals surface area contributed by atoms with Crippen LogP contribution in [0.5, 0.6) is 0 Å². The average molecular weight is 520 g/mol. The molecule has 4 rings (SSSR count). The molecule has 1 fully saturated rings. The molecular weight excluding hydrogens is 487 g/mol. The smallest absolute Gasteiger partial charge is 0.193 e. The number of hydrogen-bond acceptors (Lipinski definition) is 3. The maximum absolute atomic E-state index is 9.63. The topological polar surface area (TPSA) is 73.9 Å². The van der Waals surface area contributed by atoms with Crippen molar-refractivity contribution in [1.82, 2.24) is 4.90 Å². The molecule has 0 atom stereocenters. The third kappa shape index (κ3) is 6.18. The highest BCUT2D eigenvalue weighted by atomic mass is 127. The van der Waals surface area contributed by atoms with E-state index in [1.807, 2.05) is 0 Å². The van der Waals surface area contributed by atoms with Gasteiger partial charge in [0, 0.05) is 25.3 Å². The van der Waals surface area contributed by atoms with Crippen molar-refractivity contribution < 1.29 is 5.11 Å². The Morgan fingerprint density at radius 3 is 2.50 bits per heavy atom. The van der Waals surface area contributed by atoms with Crippen LogP contribution in [0.25, 0.3) is 0 Å². The Labute approximate surface area is 196 Å². The van der Waals surface area contributed by atoms with Crippen molar-refractivity contribution in [2.45, 2.75) is 57.7 Å². The van der Waals surface area contributed by atoms with Crippen molar-refractivity contribution in [3.8, 4) is 0 Å². The van der Waals surface area contributed by atoms with E-state index in [-0.39, 0.29) is 30.1 Å². The molecule has 0 spiro atoms. The fourth-order valence-corrected chi connectivity index (χ4v) is 4.34. The van der Waals surface area contributed by atoms with Crippen LogP contribution in [0.2, 0.25) is 0 Å². The van der Waals surface area contributed by atoms with Crippen molar-refractivity contribution in [3.05, 3.63) is 64.7 Å². The van der Waals surface area contributed by atoms with Crippen molar-refractivity contribution >= 4 is 35.6 Å². The Bertz CT molecular complexity index is 845. The van der Waals surface area contributed by atoms with Crippen LogP contribution in [0.1, 0.15) is 47.9 Å². The van der Waals surface area contributed by atoms with Gasteiger partial charge in [-0.25, -0.2) is 4.99 Å². The van der Waals surface area contributed by atoms with Crippen LogP contribution in [0.4, 0.5) is 5.69 Å². The van der Waals surface area contributed by atoms with Gasteiger partial charge >= 0.3 is 0 Å². The predicted octanol–water partition coefficient (Wildman–Crippen LogP) is 4.07. The zero-order valence-corrected chi connectivity index (χ0v) is 19.8. The van der Waals surface area contributed by atoms with Gasteiger partial charge in [0.15, 0.2) is 5.96 Å². The van der Waals surface area contributed by atoms with Crippen LogP contribution >= 0.6 is 24.0 Å². The van der Waals surface area contributed by atoms with Crippen LogP contribution in [0.3, 0.4) is 0 Å². The Kier molecular flexibility index (Phi) is 8.53. The summed E-state index contributed by atoms with van der Waals surface area (Å²) in [5.74, 6) is 0.472. The number of guanidine groups is 1. The molecule has 0 unspecified atom stereocenters. The second-order valence-corrected chi connectivity index (χ2v) is 8.30. The molecule has 2 aromatic carbocycles. The van der Waals surface area contributed by atoms with Gasteiger partial charge in [0.1, 0.15) is 0 Å². The first-order valence-corrected chi connectivity index (χ1v) is 10.8. The number of piperidine rings is 1. The number of hydrogen-bond donors (Lipinski definition) is 3. The number of aliphatic hydroxyl groups is 1. The van der Waals surface area contributed by atoms with Gasteiger partial charge < -0.3 is 16.2 Å². The number of nitrogens with two attached hydrogens (primary N) is 1. The average Bonchev–Trinajstić information content (AvgIpc) is 2.75. The van der Waals surface area contributed by atoms with E-state index in [0.29, 0.717) is 12.5 Å². The molecule has 1 aliphatic carbocycles. The molecule has 6 heteroatoms. The molecule has 1 saturated heterocycles. The number of aryl methyl sites for hydroxylation is 1. The van der Waals surface area contributed by atoms with Crippen LogP contribution in [-0.4, -0.2) is 35.2 Å². The Hall–Kier alpha value is -1.64. The number of halogens is 1. The quantitative estimate of drug-likeness (QED) is 0.316. The number of benzene rings is 2. The molecule has 0 bridgehead atoms. The third-order valence-electron chi connectivity index (χ3n) is 6.08. The lowest BCUT2D eigenvalue weighted by atomic mass is 9.90. The van der Waals surface area contributed by atoms with E-state index in [9.17, 15) is 5.11 Å². The molecular formula is C24H33IN4O. The molecule has 1 heterocycles. The summed E-state index contributed by atoms with van der Waals surface area (Å²) in [6, 6.07) is 15.0. The van der Waals surface area contributed by atoms with Gasteiger partial charge in [-0.15, -0.1) is 24.0 Å². The van der Waals surface area contributed by atoms with E-state index in [2.05, 4.69) is 57.7 Å². The summed E-state index contributed by atoms with van der Waals surface area (Å²) >= 11 is 0. The summed E-state index contributed by atoms with van der Waals surface area (Å²) in [4.78, 5) is 6.94. The highest BCUT2D eigenvalue weighted by Gasteiger charge is 2.17. The van der Waals surface area contributed by atoms with Crippen LogP contribution in [-0.2, 0) is 25.9 Å². The van der Waals surface area contributed by atoms with Crippen molar-refractivity contribution in [3.63, 3.8) is 0 Å². The van der Waals surface area contributed by atoms with E-state index in [1.54, 1.807) is 0 Å². The van der Waals surface area contributed by atoms with E-state index in [1.165, 1.54) is 29.5 Å². The second-order valence-electron chi connectivity index (χ2n) is 8.30. The van der Waals surface area contributed by atoms with Gasteiger partial charge in [0.05, 0.1) is 12.6 Å². The van der Waals surface area contributed by atoms with Crippen molar-refractivity contribution in [2.75, 3.05) is 18.4 Å². The number of nitrogens with one attached hydrogen (secondary N) is 1. The van der Waals surface area contributed by atoms with Gasteiger partial charge in [-0.3, -0.25) is 4.90 Å². The normalized spacial score (nSPS) is 17.8. The minimum absolute atomic E-state index is 0. The molecule has 1 aliphatic heterocycles. The first-order chi connectivity index (χ1) is 14.2. The first-order valence-electron chi connectivity index (χ1n) is 10.8. The molecule has 0 saturated carbocycles. The van der Waals surface area contributed by atoms with Crippen molar-refractivity contribution in [1.29, 1.82) is 0 Å². The lowest BCUT2D eigenvalue weighted by molar-refractivity contribution is 0.0792. The van der Waals surface area contributed by atoms with Crippen LogP contribution in [0.15, 0.2) is 47.5 Å². The Balaban J connectivity index is 0.00000256. The van der Waals surface area contributed by atoms with Crippen molar-refractivity contribution in [2.24, 2.45) is 10.7 Å². The lowest BCUT2D eigenvalue weighted by Gasteiger charge is -2.29. The first kappa shape index (κ1) is 23.0. The third-order valence-corrected chi connectivity index (χ3v) is 6.08. The fourth-order valence-electron chi connectivity index (χ4n) is 4.34. The minimum atomic E-state index is -0.119. The number of rotatable bonds is 5. The fraction of sp³-hybridized carbons (Fsp3) is 0.458. The molecule has 0 amide bonds. The summed E-state index contributed by atoms with van der Waals surface area (Å²) in [6.45, 7) is 3.46. The number of aliphatic imine (C=N–C) groups is 1. The zero-order chi connectivity index (χ0) is 20.1. The predicted molar refractivity (Wildman–Crippen MR) is 134 cm³/mol. The molecule has 4 N–H and O–H groups in total. The summed E-state index contributed by atoms with van der Waals surface area (Å²) < 4.78 is 0. The summed E-state index contributed by atoms with van der Waals surface area (Å²) in [5, 5.41) is 12.9. The number of likely N-dealkylation sites (tertiary alicyclic amines) is 1. The van der Waals surface area contributed by atoms with Gasteiger partial charge in [-0.05, 0) is 66.8 Å². The lowest BCUT2D eigenvalue weighted by Crippen LogP contribution is -2.35. The maximum atomic E-state index is 9.63. The molecule has 0 radical (unpaired) electrons. The number of aliphatic hydroxyl groups excluding tert-OH is 1. The molecule has 0 aromatic heterocycles. The standard InChI is InChI=1S/C24H32N4O.HI/c25-24(27-23-7-3-5-20-4-1-2-6-22(20)23)26-16-18-8-10-19(11-9-18)17-28-14-12-21(29)13-15-28;/h3,5,7-11,21,29H,1-2,4,6,12-17H2,(H3,25,26,27);1H. The second kappa shape index (κ2) is 11.1. The largest absolute Gasteiger partial charge is 0.393 e. The number of nitrogens with zero attached hydrogens (tertiary/aromatic N) is 2. The molecule has 30 heavy (non-hydrogen) atoms. The van der Waals surface area contributed by atoms with Gasteiger partial charge in [0.2, 0.25) is 0 Å². The van der Waals surface area contributed by atoms with E-state index in [4.69, 9.17) is 5.73 Å². The zero-order valence-electron chi connectivity index (χ0n) is 17.5. The Morgan fingerprint density at radius 1 is 1.03 bits per heavy atom. The van der Waals surface area contributed by atoms with Gasteiger partial charge in [-0.1, -0.05) is 36.4 Å². The summed E-state index contributed by atoms with van der Waals surface area (Å²) in [7, 11) is 0. The summed E-state index contributed by atoms with van der Waals surface area (Å²) in [5.41, 5.74) is 12.6. The number of anilines is 1. The maximum Gasteiger partial charge on any atom is 0.193 e. The monoisotopic (exact) mass is 520 g/mol. The highest BCUT2D eigenvalue weighted by molar-refractivity contribution is 14.0. The molecule has 5 nitrogen and oxygen atoms in total.